The predicted molar refractivity (Wildman–Crippen MR) is 79.5 cm³/mol. The number of carbonyl (C=O) groups is 2. The molecule has 0 spiro atoms. The average Bonchev–Trinajstić information content (AvgIpc) is 2.94. The fourth-order valence-electron chi connectivity index (χ4n) is 2.23. The second-order valence-electron chi connectivity index (χ2n) is 4.69. The molecule has 0 saturated carbocycles. The number of hydrogen-bond acceptors (Lipinski definition) is 5. The van der Waals surface area contributed by atoms with E-state index in [2.05, 4.69) is 5.10 Å². The van der Waals surface area contributed by atoms with Gasteiger partial charge in [0.1, 0.15) is 0 Å². The van der Waals surface area contributed by atoms with Crippen molar-refractivity contribution in [2.45, 2.75) is 0 Å². The van der Waals surface area contributed by atoms with Gasteiger partial charge in [-0.15, -0.1) is 0 Å². The molecule has 0 unspecified atom stereocenters. The number of aromatic carboxylic acids is 1. The van der Waals surface area contributed by atoms with Crippen LogP contribution in [-0.4, -0.2) is 31.7 Å². The summed E-state index contributed by atoms with van der Waals surface area (Å²) < 4.78 is 0.986. The van der Waals surface area contributed by atoms with Crippen LogP contribution in [0.15, 0.2) is 48.5 Å². The van der Waals surface area contributed by atoms with Gasteiger partial charge in [0.15, 0.2) is 5.69 Å². The molecule has 0 bridgehead atoms. The summed E-state index contributed by atoms with van der Waals surface area (Å²) in [5.74, 6) is -1.81. The van der Waals surface area contributed by atoms with Gasteiger partial charge in [-0.25, -0.2) is 4.79 Å². The van der Waals surface area contributed by atoms with Crippen LogP contribution < -0.4 is 0 Å². The van der Waals surface area contributed by atoms with Crippen LogP contribution >= 0.6 is 0 Å². The smallest absolute Gasteiger partial charge is 0.357 e. The first-order valence-electron chi connectivity index (χ1n) is 6.49. The molecule has 8 heteroatoms. The minimum absolute atomic E-state index is 0.141. The maximum atomic E-state index is 12.5. The Bertz CT molecular complexity index is 943. The van der Waals surface area contributed by atoms with Gasteiger partial charge in [0.2, 0.25) is 0 Å². The topological polar surface area (TPSA) is 115 Å². The number of rotatable bonds is 3. The summed E-state index contributed by atoms with van der Waals surface area (Å²) in [5.41, 5.74) is 0.156. The minimum atomic E-state index is -1.24. The number of para-hydroxylation sites is 1. The molecule has 0 atom stereocenters. The van der Waals surface area contributed by atoms with E-state index < -0.39 is 16.8 Å². The molecule has 1 N–H and O–H groups in total. The first-order valence-corrected chi connectivity index (χ1v) is 6.49. The van der Waals surface area contributed by atoms with Gasteiger partial charge >= 0.3 is 5.97 Å². The lowest BCUT2D eigenvalue weighted by molar-refractivity contribution is -0.384. The summed E-state index contributed by atoms with van der Waals surface area (Å²) in [6.07, 6.45) is 0. The monoisotopic (exact) mass is 311 g/mol. The third-order valence-electron chi connectivity index (χ3n) is 3.31. The number of carboxylic acids is 1. The number of benzene rings is 2. The van der Waals surface area contributed by atoms with Crippen LogP contribution in [-0.2, 0) is 0 Å². The van der Waals surface area contributed by atoms with Crippen molar-refractivity contribution in [1.82, 2.24) is 9.78 Å². The van der Waals surface area contributed by atoms with Gasteiger partial charge in [-0.05, 0) is 18.2 Å². The van der Waals surface area contributed by atoms with E-state index in [0.717, 1.165) is 4.68 Å². The van der Waals surface area contributed by atoms with Crippen molar-refractivity contribution >= 4 is 28.5 Å². The predicted octanol–water partition coefficient (Wildman–Crippen LogP) is 2.33. The molecule has 0 saturated heterocycles. The lowest BCUT2D eigenvalue weighted by atomic mass is 10.2. The molecule has 2 aromatic carbocycles. The van der Waals surface area contributed by atoms with Gasteiger partial charge < -0.3 is 5.11 Å². The highest BCUT2D eigenvalue weighted by Crippen LogP contribution is 2.20. The van der Waals surface area contributed by atoms with Crippen molar-refractivity contribution in [3.05, 3.63) is 69.9 Å². The Kier molecular flexibility index (Phi) is 3.34. The van der Waals surface area contributed by atoms with Gasteiger partial charge in [0, 0.05) is 23.1 Å². The second kappa shape index (κ2) is 5.34. The fraction of sp³-hybridized carbons (Fsp3) is 0. The van der Waals surface area contributed by atoms with Crippen LogP contribution in [0.5, 0.6) is 0 Å². The Balaban J connectivity index is 2.11. The SMILES string of the molecule is O=C(O)c1nn(C(=O)c2ccc([N+](=O)[O-])cc2)c2ccccc12. The Hall–Kier alpha value is -3.55. The third kappa shape index (κ3) is 2.42. The summed E-state index contributed by atoms with van der Waals surface area (Å²) >= 11 is 0. The van der Waals surface area contributed by atoms with E-state index in [1.165, 1.54) is 24.3 Å². The van der Waals surface area contributed by atoms with Gasteiger partial charge in [-0.3, -0.25) is 14.9 Å². The van der Waals surface area contributed by atoms with Crippen LogP contribution in [0, 0.1) is 10.1 Å². The number of aromatic nitrogens is 2. The number of nitrogens with zero attached hydrogens (tertiary/aromatic N) is 3. The molecule has 114 valence electrons. The number of nitro benzene ring substituents is 1. The maximum absolute atomic E-state index is 12.5. The zero-order valence-electron chi connectivity index (χ0n) is 11.5. The quantitative estimate of drug-likeness (QED) is 0.586. The number of fused-ring (bicyclic) bond motifs is 1. The summed E-state index contributed by atoms with van der Waals surface area (Å²) in [6, 6.07) is 11.5. The van der Waals surface area contributed by atoms with Gasteiger partial charge in [-0.1, -0.05) is 18.2 Å². The van der Waals surface area contributed by atoms with Crippen molar-refractivity contribution in [3.8, 4) is 0 Å². The normalized spacial score (nSPS) is 10.6. The van der Waals surface area contributed by atoms with Crippen LogP contribution in [0.2, 0.25) is 0 Å². The highest BCUT2D eigenvalue weighted by molar-refractivity contribution is 6.07. The second-order valence-corrected chi connectivity index (χ2v) is 4.69. The van der Waals surface area contributed by atoms with Crippen molar-refractivity contribution in [2.24, 2.45) is 0 Å². The fourth-order valence-corrected chi connectivity index (χ4v) is 2.23. The Labute approximate surface area is 128 Å². The lowest BCUT2D eigenvalue weighted by Crippen LogP contribution is -2.14. The minimum Gasteiger partial charge on any atom is -0.476 e. The van der Waals surface area contributed by atoms with E-state index in [-0.39, 0.29) is 16.9 Å². The lowest BCUT2D eigenvalue weighted by Gasteiger charge is -2.02. The standard InChI is InChI=1S/C15H9N3O5/c19-14(9-5-7-10(8-6-9)18(22)23)17-12-4-2-1-3-11(12)13(16-17)15(20)21/h1-8H,(H,20,21). The molecule has 0 radical (unpaired) electrons. The first kappa shape index (κ1) is 14.4. The van der Waals surface area contributed by atoms with Gasteiger partial charge in [0.05, 0.1) is 10.4 Å². The van der Waals surface area contributed by atoms with Gasteiger partial charge in [0.25, 0.3) is 11.6 Å². The average molecular weight is 311 g/mol. The summed E-state index contributed by atoms with van der Waals surface area (Å²) in [6.45, 7) is 0. The van der Waals surface area contributed by atoms with Crippen molar-refractivity contribution < 1.29 is 19.6 Å². The van der Waals surface area contributed by atoms with E-state index >= 15 is 0 Å². The summed E-state index contributed by atoms with van der Waals surface area (Å²) in [4.78, 5) is 33.8. The van der Waals surface area contributed by atoms with E-state index in [4.69, 9.17) is 0 Å². The van der Waals surface area contributed by atoms with Crippen LogP contribution in [0.25, 0.3) is 10.9 Å². The number of non-ortho nitro benzene ring substituents is 1. The van der Waals surface area contributed by atoms with Crippen LogP contribution in [0.3, 0.4) is 0 Å². The van der Waals surface area contributed by atoms with E-state index in [1.807, 2.05) is 0 Å². The number of carbonyl (C=O) groups excluding carboxylic acids is 1. The van der Waals surface area contributed by atoms with Crippen molar-refractivity contribution in [3.63, 3.8) is 0 Å². The summed E-state index contributed by atoms with van der Waals surface area (Å²) in [7, 11) is 0. The molecule has 8 nitrogen and oxygen atoms in total. The molecule has 0 fully saturated rings. The molecule has 0 aliphatic carbocycles. The molecule has 1 aromatic heterocycles. The maximum Gasteiger partial charge on any atom is 0.357 e. The zero-order chi connectivity index (χ0) is 16.6. The van der Waals surface area contributed by atoms with Crippen molar-refractivity contribution in [1.29, 1.82) is 0 Å². The highest BCUT2D eigenvalue weighted by Gasteiger charge is 2.20. The van der Waals surface area contributed by atoms with Gasteiger partial charge in [-0.2, -0.15) is 9.78 Å². The largest absolute Gasteiger partial charge is 0.476 e. The first-order chi connectivity index (χ1) is 11.0. The Morgan fingerprint density at radius 1 is 1.09 bits per heavy atom. The molecule has 0 amide bonds. The highest BCUT2D eigenvalue weighted by atomic mass is 16.6. The molecule has 3 aromatic rings. The van der Waals surface area contributed by atoms with Crippen LogP contribution in [0.1, 0.15) is 20.8 Å². The van der Waals surface area contributed by atoms with Crippen LogP contribution in [0.4, 0.5) is 5.69 Å². The number of nitro groups is 1. The molecule has 23 heavy (non-hydrogen) atoms. The summed E-state index contributed by atoms with van der Waals surface area (Å²) in [5, 5.41) is 24.0. The molecular formula is C15H9N3O5. The van der Waals surface area contributed by atoms with Crippen molar-refractivity contribution in [2.75, 3.05) is 0 Å². The molecular weight excluding hydrogens is 302 g/mol. The van der Waals surface area contributed by atoms with E-state index in [1.54, 1.807) is 24.3 Å². The third-order valence-corrected chi connectivity index (χ3v) is 3.31. The molecule has 1 heterocycles. The Morgan fingerprint density at radius 2 is 1.74 bits per heavy atom. The van der Waals surface area contributed by atoms with E-state index in [0.29, 0.717) is 10.9 Å². The number of carboxylic acid groups (broad SMARTS) is 1. The zero-order valence-corrected chi connectivity index (χ0v) is 11.5. The molecule has 3 rings (SSSR count). The van der Waals surface area contributed by atoms with E-state index in [9.17, 15) is 24.8 Å². The number of hydrogen-bond donors (Lipinski definition) is 1. The molecule has 0 aliphatic heterocycles. The molecule has 0 aliphatic rings. The Morgan fingerprint density at radius 3 is 2.35 bits per heavy atom.